The molecule has 1 aliphatic carbocycles. The van der Waals surface area contributed by atoms with E-state index >= 15 is 0 Å². The van der Waals surface area contributed by atoms with Crippen molar-refractivity contribution in [2.45, 2.75) is 76.6 Å². The molecule has 10 heteroatoms. The lowest BCUT2D eigenvalue weighted by atomic mass is 9.75. The van der Waals surface area contributed by atoms with Crippen LogP contribution in [0.5, 0.6) is 0 Å². The summed E-state index contributed by atoms with van der Waals surface area (Å²) in [6.45, 7) is 5.18. The van der Waals surface area contributed by atoms with Crippen molar-refractivity contribution >= 4 is 29.8 Å². The number of aliphatic hydroxyl groups excluding tert-OH is 1. The maximum atomic E-state index is 13.2. The Balaban J connectivity index is 1.48. The molecule has 1 spiro atoms. The molecule has 3 aliphatic rings. The van der Waals surface area contributed by atoms with Gasteiger partial charge in [-0.25, -0.2) is 9.78 Å². The molecule has 2 fully saturated rings. The van der Waals surface area contributed by atoms with Crippen LogP contribution in [0.4, 0.5) is 10.6 Å². The highest BCUT2D eigenvalue weighted by Crippen LogP contribution is 2.38. The van der Waals surface area contributed by atoms with Crippen molar-refractivity contribution in [1.29, 1.82) is 5.41 Å². The summed E-state index contributed by atoms with van der Waals surface area (Å²) < 4.78 is 0. The number of amides is 3. The van der Waals surface area contributed by atoms with E-state index < -0.39 is 18.2 Å². The number of hydrogen-bond acceptors (Lipinski definition) is 6. The Labute approximate surface area is 218 Å². The van der Waals surface area contributed by atoms with Gasteiger partial charge in [0, 0.05) is 19.8 Å². The molecular weight excluding hydrogens is 470 g/mol. The van der Waals surface area contributed by atoms with E-state index in [1.54, 1.807) is 35.0 Å². The molecule has 37 heavy (non-hydrogen) atoms. The van der Waals surface area contributed by atoms with Crippen molar-refractivity contribution in [3.8, 4) is 0 Å². The van der Waals surface area contributed by atoms with Gasteiger partial charge in [-0.15, -0.1) is 0 Å². The fourth-order valence-corrected chi connectivity index (χ4v) is 5.80. The number of urea groups is 1. The van der Waals surface area contributed by atoms with Crippen molar-refractivity contribution in [2.24, 2.45) is 10.9 Å². The minimum absolute atomic E-state index is 0.0605. The van der Waals surface area contributed by atoms with Gasteiger partial charge >= 0.3 is 6.03 Å². The molecule has 2 aliphatic heterocycles. The number of carbonyl (C=O) groups excluding carboxylic acids is 2. The van der Waals surface area contributed by atoms with Crippen molar-refractivity contribution in [3.63, 3.8) is 0 Å². The van der Waals surface area contributed by atoms with Gasteiger partial charge in [0.25, 0.3) is 5.91 Å². The zero-order chi connectivity index (χ0) is 26.6. The zero-order valence-electron chi connectivity index (χ0n) is 22.0. The lowest BCUT2D eigenvalue weighted by Gasteiger charge is -2.37. The third-order valence-electron chi connectivity index (χ3n) is 7.85. The lowest BCUT2D eigenvalue weighted by Crippen LogP contribution is -2.54. The van der Waals surface area contributed by atoms with Crippen LogP contribution in [0.25, 0.3) is 0 Å². The Bertz CT molecular complexity index is 1090. The monoisotopic (exact) mass is 509 g/mol. The van der Waals surface area contributed by atoms with Crippen LogP contribution in [-0.4, -0.2) is 76.9 Å². The third kappa shape index (κ3) is 5.69. The molecule has 200 valence electrons. The van der Waals surface area contributed by atoms with E-state index in [1.165, 1.54) is 12.6 Å². The Morgan fingerprint density at radius 3 is 2.97 bits per heavy atom. The molecule has 3 amide bonds. The molecule has 10 nitrogen and oxygen atoms in total. The molecule has 4 unspecified atom stereocenters. The predicted molar refractivity (Wildman–Crippen MR) is 144 cm³/mol. The lowest BCUT2D eigenvalue weighted by molar-refractivity contribution is 0.0733. The minimum atomic E-state index is -0.898. The molecule has 0 radical (unpaired) electrons. The largest absolute Gasteiger partial charge is 0.370 e. The maximum absolute atomic E-state index is 13.2. The van der Waals surface area contributed by atoms with Crippen LogP contribution in [0.2, 0.25) is 0 Å². The zero-order valence-corrected chi connectivity index (χ0v) is 22.0. The average molecular weight is 510 g/mol. The summed E-state index contributed by atoms with van der Waals surface area (Å²) in [5.74, 6) is 0.618. The normalized spacial score (nSPS) is 26.8. The number of hydrogen-bond donors (Lipinski definition) is 4. The molecule has 0 bridgehead atoms. The van der Waals surface area contributed by atoms with Gasteiger partial charge in [-0.05, 0) is 49.3 Å². The first-order valence-corrected chi connectivity index (χ1v) is 13.3. The second-order valence-corrected chi connectivity index (χ2v) is 10.3. The molecule has 4 atom stereocenters. The number of nitrogens with zero attached hydrogens (tertiary/aromatic N) is 4. The smallest absolute Gasteiger partial charge is 0.323 e. The van der Waals surface area contributed by atoms with E-state index in [-0.39, 0.29) is 23.1 Å². The fourth-order valence-electron chi connectivity index (χ4n) is 5.80. The van der Waals surface area contributed by atoms with Crippen LogP contribution in [0.1, 0.15) is 69.3 Å². The number of pyridine rings is 1. The average Bonchev–Trinajstić information content (AvgIpc) is 3.22. The number of nitrogens with one attached hydrogen (secondary N) is 3. The second-order valence-electron chi connectivity index (χ2n) is 10.3. The Morgan fingerprint density at radius 1 is 1.43 bits per heavy atom. The van der Waals surface area contributed by atoms with Gasteiger partial charge in [0.05, 0.1) is 12.1 Å². The molecule has 1 aromatic heterocycles. The van der Waals surface area contributed by atoms with Crippen LogP contribution in [0.3, 0.4) is 0 Å². The van der Waals surface area contributed by atoms with E-state index in [4.69, 9.17) is 5.41 Å². The van der Waals surface area contributed by atoms with E-state index in [9.17, 15) is 14.7 Å². The van der Waals surface area contributed by atoms with Gasteiger partial charge in [0.1, 0.15) is 29.6 Å². The molecule has 4 N–H and O–H groups in total. The third-order valence-corrected chi connectivity index (χ3v) is 7.85. The first-order valence-electron chi connectivity index (χ1n) is 13.3. The SMILES string of the molecule is CCC1=CCCN(C(=N)C(C=NC)NC(=O)c2cccc(N3CC4(CCCC(CC)C4)NC3=O)n2)C1O. The van der Waals surface area contributed by atoms with E-state index in [2.05, 4.69) is 27.5 Å². The van der Waals surface area contributed by atoms with Gasteiger partial charge in [-0.1, -0.05) is 45.3 Å². The Hall–Kier alpha value is -3.27. The van der Waals surface area contributed by atoms with Gasteiger partial charge in [-0.3, -0.25) is 20.1 Å². The first-order chi connectivity index (χ1) is 17.8. The van der Waals surface area contributed by atoms with Crippen LogP contribution >= 0.6 is 0 Å². The van der Waals surface area contributed by atoms with Crippen molar-refractivity contribution in [1.82, 2.24) is 20.5 Å². The van der Waals surface area contributed by atoms with Crippen molar-refractivity contribution in [3.05, 3.63) is 35.5 Å². The van der Waals surface area contributed by atoms with Crippen LogP contribution in [0.15, 0.2) is 34.8 Å². The standard InChI is InChI=1S/C27H39N7O3/c1-4-18-9-7-13-27(15-18)17-34(26(37)32-27)22-12-6-11-20(30-22)24(35)31-21(16-29-3)23(28)33-14-8-10-19(5-2)25(33)36/h6,10-12,16,18,21,25,28,36H,4-5,7-9,13-15,17H2,1-3H3,(H,31,35)(H,32,37). The summed E-state index contributed by atoms with van der Waals surface area (Å²) in [7, 11) is 1.57. The van der Waals surface area contributed by atoms with Gasteiger partial charge in [0.2, 0.25) is 0 Å². The maximum Gasteiger partial charge on any atom is 0.323 e. The number of amidine groups is 1. The molecule has 3 heterocycles. The molecule has 0 aromatic carbocycles. The number of aliphatic hydroxyl groups is 1. The van der Waals surface area contributed by atoms with Crippen molar-refractivity contribution < 1.29 is 14.7 Å². The highest BCUT2D eigenvalue weighted by molar-refractivity contribution is 6.05. The molecule has 1 saturated carbocycles. The van der Waals surface area contributed by atoms with Gasteiger partial charge in [-0.2, -0.15) is 0 Å². The summed E-state index contributed by atoms with van der Waals surface area (Å²) in [6.07, 6.45) is 9.29. The van der Waals surface area contributed by atoms with Gasteiger partial charge in [0.15, 0.2) is 0 Å². The number of aromatic nitrogens is 1. The highest BCUT2D eigenvalue weighted by atomic mass is 16.3. The molecule has 4 rings (SSSR count). The number of aliphatic imine (C=N–C) groups is 1. The van der Waals surface area contributed by atoms with Crippen molar-refractivity contribution in [2.75, 3.05) is 25.0 Å². The number of carbonyl (C=O) groups is 2. The fraction of sp³-hybridized carbons (Fsp3) is 0.593. The number of anilines is 1. The summed E-state index contributed by atoms with van der Waals surface area (Å²) in [5.41, 5.74) is 0.764. The molecule has 1 aromatic rings. The molecule has 1 saturated heterocycles. The summed E-state index contributed by atoms with van der Waals surface area (Å²) in [4.78, 5) is 37.9. The molecular formula is C27H39N7O3. The van der Waals surface area contributed by atoms with E-state index in [1.807, 2.05) is 13.0 Å². The summed E-state index contributed by atoms with van der Waals surface area (Å²) >= 11 is 0. The summed E-state index contributed by atoms with van der Waals surface area (Å²) in [6, 6.07) is 4.03. The number of rotatable bonds is 7. The Kier molecular flexibility index (Phi) is 8.26. The van der Waals surface area contributed by atoms with Crippen LogP contribution in [-0.2, 0) is 0 Å². The van der Waals surface area contributed by atoms with E-state index in [0.29, 0.717) is 37.7 Å². The van der Waals surface area contributed by atoms with Gasteiger partial charge < -0.3 is 20.6 Å². The second kappa shape index (κ2) is 11.4. The predicted octanol–water partition coefficient (Wildman–Crippen LogP) is 3.09. The quantitative estimate of drug-likeness (QED) is 0.255. The topological polar surface area (TPSA) is 134 Å². The Morgan fingerprint density at radius 2 is 2.24 bits per heavy atom. The summed E-state index contributed by atoms with van der Waals surface area (Å²) in [5, 5.41) is 25.4. The first kappa shape index (κ1) is 26.8. The van der Waals surface area contributed by atoms with E-state index in [0.717, 1.165) is 31.3 Å². The highest BCUT2D eigenvalue weighted by Gasteiger charge is 2.46. The van der Waals surface area contributed by atoms with Crippen LogP contribution < -0.4 is 15.5 Å². The van der Waals surface area contributed by atoms with Crippen LogP contribution in [0, 0.1) is 11.3 Å². The minimum Gasteiger partial charge on any atom is -0.370 e.